The van der Waals surface area contributed by atoms with Gasteiger partial charge in [0.05, 0.1) is 5.92 Å². The third-order valence-electron chi connectivity index (χ3n) is 4.90. The van der Waals surface area contributed by atoms with Crippen LogP contribution in [-0.4, -0.2) is 0 Å². The Balaban J connectivity index is 0.00000736. The van der Waals surface area contributed by atoms with E-state index >= 15 is 0 Å². The summed E-state index contributed by atoms with van der Waals surface area (Å²) in [6.07, 6.45) is 16.4. The van der Waals surface area contributed by atoms with Crippen LogP contribution in [-0.2, 0) is 0 Å². The summed E-state index contributed by atoms with van der Waals surface area (Å²) in [5, 5.41) is 5.44. The molecule has 0 atom stereocenters. The van der Waals surface area contributed by atoms with Crippen LogP contribution in [0, 0.1) is 175 Å². The van der Waals surface area contributed by atoms with Gasteiger partial charge in [0.2, 0.25) is 17.3 Å². The summed E-state index contributed by atoms with van der Waals surface area (Å²) >= 11 is 0. The van der Waals surface area contributed by atoms with Crippen LogP contribution in [0.1, 0.15) is 5.69 Å². The maximum Gasteiger partial charge on any atom is 0.244 e. The number of nitrogens with zero attached hydrogens (tertiary/aromatic N) is 2. The Kier molecular flexibility index (Phi) is 18.6. The molecule has 0 saturated carbocycles. The minimum Gasteiger partial charge on any atom is -0.664 e. The van der Waals surface area contributed by atoms with Crippen molar-refractivity contribution in [3.8, 4) is 131 Å². The molecule has 0 fully saturated rings. The first-order chi connectivity index (χ1) is 22.4. The number of aromatic nitrogens is 1. The van der Waals surface area contributed by atoms with Crippen molar-refractivity contribution in [3.63, 3.8) is 0 Å². The van der Waals surface area contributed by atoms with Gasteiger partial charge in [-0.05, 0) is 59.5 Å². The van der Waals surface area contributed by atoms with Gasteiger partial charge in [0.1, 0.15) is 0 Å². The summed E-state index contributed by atoms with van der Waals surface area (Å²) in [7, 11) is 0. The molecule has 0 bridgehead atoms. The third kappa shape index (κ3) is 15.1. The number of benzene rings is 2. The fourth-order valence-corrected chi connectivity index (χ4v) is 3.10. The molecule has 46 heavy (non-hydrogen) atoms. The van der Waals surface area contributed by atoms with E-state index in [1.807, 2.05) is 95.6 Å². The SMILES string of the molecule is C#CC#CC#CC#CC#CC#CC#CC#CC#CC#CC#C[n+]1c(/C=C/C=C/C=C/[N-]c2ccccc2)ccc2ccccc21.[Ac]. The van der Waals surface area contributed by atoms with Gasteiger partial charge >= 0.3 is 0 Å². The summed E-state index contributed by atoms with van der Waals surface area (Å²) in [5.74, 6) is 50.8. The van der Waals surface area contributed by atoms with Crippen LogP contribution in [0.2, 0.25) is 0 Å². The second-order valence-electron chi connectivity index (χ2n) is 7.83. The van der Waals surface area contributed by atoms with Crippen LogP contribution < -0.4 is 4.57 Å². The maximum absolute atomic E-state index is 4.96. The number of hydrogen-bond acceptors (Lipinski definition) is 0. The molecule has 3 heteroatoms. The van der Waals surface area contributed by atoms with E-state index in [1.54, 1.807) is 6.20 Å². The van der Waals surface area contributed by atoms with E-state index in [2.05, 4.69) is 136 Å². The molecule has 1 radical (unpaired) electrons. The fraction of sp³-hybridized carbons (Fsp3) is 0. The Labute approximate surface area is 307 Å². The molecule has 0 N–H and O–H groups in total. The predicted octanol–water partition coefficient (Wildman–Crippen LogP) is 5.39. The quantitative estimate of drug-likeness (QED) is 0.188. The molecule has 203 valence electrons. The normalized spacial score (nSPS) is 7.98. The van der Waals surface area contributed by atoms with Crippen molar-refractivity contribution >= 4 is 22.7 Å². The van der Waals surface area contributed by atoms with Crippen LogP contribution in [0.5, 0.6) is 0 Å². The van der Waals surface area contributed by atoms with Crippen LogP contribution >= 0.6 is 0 Å². The summed E-state index contributed by atoms with van der Waals surface area (Å²) < 4.78 is 1.89. The van der Waals surface area contributed by atoms with E-state index in [-0.39, 0.29) is 44.1 Å². The van der Waals surface area contributed by atoms with E-state index in [0.717, 1.165) is 22.3 Å². The van der Waals surface area contributed by atoms with E-state index in [9.17, 15) is 0 Å². The molecular weight excluding hydrogens is 771 g/mol. The average Bonchev–Trinajstić information content (AvgIpc) is 3.07. The van der Waals surface area contributed by atoms with Crippen molar-refractivity contribution in [1.82, 2.24) is 0 Å². The van der Waals surface area contributed by atoms with Crippen molar-refractivity contribution in [2.24, 2.45) is 0 Å². The molecule has 3 rings (SSSR count). The van der Waals surface area contributed by atoms with Gasteiger partial charge in [-0.2, -0.15) is 6.20 Å². The molecule has 0 aliphatic heterocycles. The predicted molar refractivity (Wildman–Crippen MR) is 183 cm³/mol. The Bertz CT molecular complexity index is 2350. The van der Waals surface area contributed by atoms with Gasteiger partial charge < -0.3 is 5.32 Å². The second kappa shape index (κ2) is 24.0. The van der Waals surface area contributed by atoms with E-state index in [1.165, 1.54) is 0 Å². The fourth-order valence-electron chi connectivity index (χ4n) is 3.10. The van der Waals surface area contributed by atoms with Crippen molar-refractivity contribution in [1.29, 1.82) is 0 Å². The van der Waals surface area contributed by atoms with Crippen LogP contribution in [0.15, 0.2) is 97.2 Å². The zero-order valence-electron chi connectivity index (χ0n) is 24.4. The van der Waals surface area contributed by atoms with Crippen LogP contribution in [0.4, 0.5) is 5.69 Å². The van der Waals surface area contributed by atoms with E-state index in [4.69, 9.17) is 6.42 Å². The molecule has 1 heterocycles. The molecule has 3 aromatic rings. The molecule has 0 amide bonds. The number of allylic oxidation sites excluding steroid dienone is 4. The Morgan fingerprint density at radius 2 is 1.00 bits per heavy atom. The van der Waals surface area contributed by atoms with E-state index in [0.29, 0.717) is 0 Å². The molecule has 0 spiro atoms. The number of fused-ring (bicyclic) bond motifs is 1. The summed E-state index contributed by atoms with van der Waals surface area (Å²) in [5.41, 5.74) is 2.78. The molecule has 0 unspecified atom stereocenters. The topological polar surface area (TPSA) is 18.0 Å². The van der Waals surface area contributed by atoms with Crippen molar-refractivity contribution in [2.45, 2.75) is 0 Å². The maximum atomic E-state index is 4.96. The van der Waals surface area contributed by atoms with Gasteiger partial charge in [-0.1, -0.05) is 66.8 Å². The standard InChI is InChI=1S/C43H18N2.Ac/c1-2-3-4-5-6-7-8-9-10-11-12-13-14-15-16-17-18-19-22-30-39-45-42(37-36-40-31-27-28-35-43(40)45)34-26-20-21-29-38-44-41-32-24-23-25-33-41;/h1,20-21,23-29,31-38H;. The monoisotopic (exact) mass is 789 g/mol. The summed E-state index contributed by atoms with van der Waals surface area (Å²) in [4.78, 5) is 0. The van der Waals surface area contributed by atoms with Gasteiger partial charge in [-0.3, -0.25) is 0 Å². The Morgan fingerprint density at radius 1 is 0.500 bits per heavy atom. The first-order valence-electron chi connectivity index (χ1n) is 13.0. The van der Waals surface area contributed by atoms with Gasteiger partial charge in [-0.15, -0.1) is 16.7 Å². The van der Waals surface area contributed by atoms with Gasteiger partial charge in [0.15, 0.2) is 0 Å². The van der Waals surface area contributed by atoms with Crippen LogP contribution in [0.25, 0.3) is 22.3 Å². The zero-order valence-corrected chi connectivity index (χ0v) is 29.1. The summed E-state index contributed by atoms with van der Waals surface area (Å²) in [6.45, 7) is 0. The number of terminal acetylenes is 1. The minimum absolute atomic E-state index is 0. The Morgan fingerprint density at radius 3 is 1.59 bits per heavy atom. The van der Waals surface area contributed by atoms with Gasteiger partial charge in [0.25, 0.3) is 0 Å². The van der Waals surface area contributed by atoms with E-state index < -0.39 is 0 Å². The minimum atomic E-state index is 0. The number of pyridine rings is 1. The van der Waals surface area contributed by atoms with Crippen molar-refractivity contribution in [2.75, 3.05) is 0 Å². The number of hydrogen-bond donors (Lipinski definition) is 0. The largest absolute Gasteiger partial charge is 0.664 e. The molecule has 2 nitrogen and oxygen atoms in total. The van der Waals surface area contributed by atoms with Crippen LogP contribution in [0.3, 0.4) is 0 Å². The number of rotatable bonds is 5. The molecular formula is C43H18AcN2. The summed E-state index contributed by atoms with van der Waals surface area (Å²) in [6, 6.07) is 24.9. The Hall–Kier alpha value is -6.53. The van der Waals surface area contributed by atoms with Gasteiger partial charge in [-0.25, -0.2) is 0 Å². The second-order valence-corrected chi connectivity index (χ2v) is 7.83. The third-order valence-corrected chi connectivity index (χ3v) is 4.90. The molecule has 0 aliphatic carbocycles. The number of para-hydroxylation sites is 2. The van der Waals surface area contributed by atoms with Crippen molar-refractivity contribution in [3.05, 3.63) is 108 Å². The first kappa shape index (κ1) is 35.7. The first-order valence-corrected chi connectivity index (χ1v) is 13.0. The zero-order chi connectivity index (χ0) is 31.5. The smallest absolute Gasteiger partial charge is 0.244 e. The van der Waals surface area contributed by atoms with Gasteiger partial charge in [0, 0.05) is 133 Å². The molecule has 1 aromatic heterocycles. The molecule has 0 aliphatic rings. The average molecular weight is 790 g/mol. The molecule has 0 saturated heterocycles. The molecule has 2 aromatic carbocycles. The van der Waals surface area contributed by atoms with Crippen molar-refractivity contribution < 1.29 is 48.6 Å².